The number of carbonyl (C=O) groups excluding carboxylic acids is 1. The third-order valence-corrected chi connectivity index (χ3v) is 7.89. The van der Waals surface area contributed by atoms with E-state index in [1.165, 1.54) is 6.92 Å². The first-order valence-corrected chi connectivity index (χ1v) is 14.7. The standard InChI is InChI=1S/C26H50N8O10/c1-26(40)11-41-24(18(38)21(26)31-2)44-20-15(34-22(39)16(36)5-6-33-25(29)30)9-14(28)19(17(20)37)43-23-13(27)4-3-12(42-23)10-32-7-8-35/h3,13-21,23-24,31-32,35-38,40H,4-11,27-28H2,1-2H3,(H,34,39)(H4,29,30,33)/t13-,14+,15-,16+,17+,18-,19?,20+,21-,23-,24-,26+/m1/s1. The number of nitrogens with one attached hydrogen (secondary N) is 3. The molecular weight excluding hydrogens is 584 g/mol. The first-order chi connectivity index (χ1) is 20.8. The summed E-state index contributed by atoms with van der Waals surface area (Å²) in [6.07, 6.45) is -6.84. The number of rotatable bonds is 14. The van der Waals surface area contributed by atoms with Crippen molar-refractivity contribution in [2.45, 2.75) is 99.1 Å². The second-order valence-electron chi connectivity index (χ2n) is 11.6. The van der Waals surface area contributed by atoms with Gasteiger partial charge in [-0.05, 0) is 32.9 Å². The summed E-state index contributed by atoms with van der Waals surface area (Å²) in [5.74, 6) is -0.424. The largest absolute Gasteiger partial charge is 0.467 e. The quantitative estimate of drug-likeness (QED) is 0.0480. The number of ether oxygens (including phenoxy) is 4. The summed E-state index contributed by atoms with van der Waals surface area (Å²) in [6.45, 7) is 1.93. The van der Waals surface area contributed by atoms with E-state index in [0.717, 1.165) is 0 Å². The summed E-state index contributed by atoms with van der Waals surface area (Å²) in [5.41, 5.74) is 21.9. The van der Waals surface area contributed by atoms with Crippen molar-refractivity contribution in [2.75, 3.05) is 39.9 Å². The molecular formula is C26H50N8O10. The molecule has 18 heteroatoms. The zero-order chi connectivity index (χ0) is 32.6. The van der Waals surface area contributed by atoms with E-state index in [4.69, 9.17) is 47.0 Å². The van der Waals surface area contributed by atoms with E-state index in [9.17, 15) is 25.2 Å². The summed E-state index contributed by atoms with van der Waals surface area (Å²) in [5, 5.41) is 61.1. The van der Waals surface area contributed by atoms with Crippen molar-refractivity contribution in [1.82, 2.24) is 16.0 Å². The van der Waals surface area contributed by atoms with Crippen LogP contribution in [0.1, 0.15) is 26.2 Å². The number of aliphatic hydroxyl groups excluding tert-OH is 4. The lowest BCUT2D eigenvalue weighted by Gasteiger charge is -2.48. The average Bonchev–Trinajstić information content (AvgIpc) is 2.95. The number of likely N-dealkylation sites (N-methyl/N-ethyl adjacent to an activating group) is 1. The van der Waals surface area contributed by atoms with E-state index in [1.807, 2.05) is 0 Å². The Morgan fingerprint density at radius 1 is 1.18 bits per heavy atom. The van der Waals surface area contributed by atoms with Crippen LogP contribution in [0.3, 0.4) is 0 Å². The minimum Gasteiger partial charge on any atom is -0.467 e. The van der Waals surface area contributed by atoms with Crippen LogP contribution >= 0.6 is 0 Å². The maximum Gasteiger partial charge on any atom is 0.249 e. The fourth-order valence-corrected chi connectivity index (χ4v) is 5.54. The van der Waals surface area contributed by atoms with Crippen LogP contribution in [0.2, 0.25) is 0 Å². The SMILES string of the molecule is CN[C@@H]1[C@@H](O)[C@@H](O[C@H]2[C@H](NC(=O)[C@@H](O)CCN=C(N)N)C[C@H](N)C(O[C@H]3OC(CNCCO)=CC[C@H]3N)[C@@H]2O)OC[C@]1(C)O. The van der Waals surface area contributed by atoms with E-state index in [2.05, 4.69) is 20.9 Å². The molecule has 0 aromatic carbocycles. The Kier molecular flexibility index (Phi) is 13.5. The molecule has 0 aromatic rings. The molecule has 2 aliphatic heterocycles. The van der Waals surface area contributed by atoms with Crippen molar-refractivity contribution in [3.8, 4) is 0 Å². The van der Waals surface area contributed by atoms with Crippen molar-refractivity contribution in [2.24, 2.45) is 27.9 Å². The van der Waals surface area contributed by atoms with Gasteiger partial charge in [-0.3, -0.25) is 9.79 Å². The first-order valence-electron chi connectivity index (χ1n) is 14.7. The van der Waals surface area contributed by atoms with Crippen molar-refractivity contribution in [3.63, 3.8) is 0 Å². The lowest BCUT2D eigenvalue weighted by molar-refractivity contribution is -0.304. The number of guanidine groups is 1. The lowest BCUT2D eigenvalue weighted by atomic mass is 9.83. The number of nitrogens with two attached hydrogens (primary N) is 4. The molecule has 254 valence electrons. The molecule has 2 fully saturated rings. The fraction of sp³-hybridized carbons (Fsp3) is 0.846. The Bertz CT molecular complexity index is 986. The molecule has 1 unspecified atom stereocenters. The smallest absolute Gasteiger partial charge is 0.249 e. The molecule has 1 amide bonds. The number of nitrogens with zero attached hydrogens (tertiary/aromatic N) is 1. The highest BCUT2D eigenvalue weighted by Crippen LogP contribution is 2.32. The van der Waals surface area contributed by atoms with Crippen LogP contribution in [0.5, 0.6) is 0 Å². The monoisotopic (exact) mass is 634 g/mol. The zero-order valence-corrected chi connectivity index (χ0v) is 25.1. The summed E-state index contributed by atoms with van der Waals surface area (Å²) in [6, 6.07) is -3.25. The predicted octanol–water partition coefficient (Wildman–Crippen LogP) is -6.05. The molecule has 2 heterocycles. The number of aliphatic hydroxyl groups is 5. The molecule has 1 saturated carbocycles. The molecule has 0 aromatic heterocycles. The highest BCUT2D eigenvalue weighted by molar-refractivity contribution is 5.81. The highest BCUT2D eigenvalue weighted by atomic mass is 16.7. The van der Waals surface area contributed by atoms with Crippen molar-refractivity contribution < 1.29 is 49.3 Å². The number of aliphatic imine (C=N–C) groups is 1. The highest BCUT2D eigenvalue weighted by Gasteiger charge is 2.52. The molecule has 16 N–H and O–H groups in total. The van der Waals surface area contributed by atoms with Gasteiger partial charge in [0.1, 0.15) is 41.9 Å². The molecule has 12 atom stereocenters. The molecule has 0 spiro atoms. The van der Waals surface area contributed by atoms with Gasteiger partial charge in [-0.1, -0.05) is 0 Å². The van der Waals surface area contributed by atoms with E-state index in [1.54, 1.807) is 13.1 Å². The van der Waals surface area contributed by atoms with Gasteiger partial charge in [-0.15, -0.1) is 0 Å². The van der Waals surface area contributed by atoms with Gasteiger partial charge in [-0.25, -0.2) is 0 Å². The third-order valence-electron chi connectivity index (χ3n) is 7.89. The topological polar surface area (TPSA) is 308 Å². The van der Waals surface area contributed by atoms with Gasteiger partial charge in [0.2, 0.25) is 12.2 Å². The van der Waals surface area contributed by atoms with Crippen LogP contribution in [0.4, 0.5) is 0 Å². The maximum absolute atomic E-state index is 12.9. The van der Waals surface area contributed by atoms with E-state index in [-0.39, 0.29) is 38.6 Å². The summed E-state index contributed by atoms with van der Waals surface area (Å²) in [7, 11) is 1.56. The molecule has 18 nitrogen and oxygen atoms in total. The van der Waals surface area contributed by atoms with Gasteiger partial charge in [0.05, 0.1) is 37.9 Å². The summed E-state index contributed by atoms with van der Waals surface area (Å²) in [4.78, 5) is 16.7. The van der Waals surface area contributed by atoms with Crippen LogP contribution in [0.15, 0.2) is 16.8 Å². The van der Waals surface area contributed by atoms with Crippen LogP contribution in [0.25, 0.3) is 0 Å². The zero-order valence-electron chi connectivity index (χ0n) is 25.1. The Balaban J connectivity index is 1.79. The maximum atomic E-state index is 12.9. The molecule has 1 aliphatic carbocycles. The molecule has 3 rings (SSSR count). The molecule has 44 heavy (non-hydrogen) atoms. The minimum atomic E-state index is -1.49. The fourth-order valence-electron chi connectivity index (χ4n) is 5.54. The third kappa shape index (κ3) is 9.41. The van der Waals surface area contributed by atoms with Gasteiger partial charge >= 0.3 is 0 Å². The molecule has 1 saturated heterocycles. The van der Waals surface area contributed by atoms with E-state index < -0.39 is 78.8 Å². The van der Waals surface area contributed by atoms with Gasteiger partial charge < -0.3 is 83.4 Å². The van der Waals surface area contributed by atoms with Gasteiger partial charge in [0.25, 0.3) is 0 Å². The minimum absolute atomic E-state index is 0.000602. The van der Waals surface area contributed by atoms with E-state index in [0.29, 0.717) is 25.3 Å². The van der Waals surface area contributed by atoms with Crippen LogP contribution in [-0.2, 0) is 23.7 Å². The molecule has 0 radical (unpaired) electrons. The Morgan fingerprint density at radius 3 is 2.55 bits per heavy atom. The van der Waals surface area contributed by atoms with Crippen molar-refractivity contribution >= 4 is 11.9 Å². The summed E-state index contributed by atoms with van der Waals surface area (Å²) >= 11 is 0. The average molecular weight is 635 g/mol. The van der Waals surface area contributed by atoms with Crippen LogP contribution < -0.4 is 38.9 Å². The second kappa shape index (κ2) is 16.4. The van der Waals surface area contributed by atoms with Gasteiger partial charge in [-0.2, -0.15) is 0 Å². The van der Waals surface area contributed by atoms with Gasteiger partial charge in [0, 0.05) is 25.6 Å². The number of hydrogen-bond acceptors (Lipinski definition) is 15. The first kappa shape index (κ1) is 36.3. The second-order valence-corrected chi connectivity index (χ2v) is 11.6. The lowest BCUT2D eigenvalue weighted by Crippen LogP contribution is -2.69. The molecule has 3 aliphatic rings. The van der Waals surface area contributed by atoms with Crippen LogP contribution in [0, 0.1) is 0 Å². The molecule has 0 bridgehead atoms. The van der Waals surface area contributed by atoms with Gasteiger partial charge in [0.15, 0.2) is 12.2 Å². The number of hydrogen-bond donors (Lipinski definition) is 12. The Morgan fingerprint density at radius 2 is 1.89 bits per heavy atom. The number of amides is 1. The predicted molar refractivity (Wildman–Crippen MR) is 156 cm³/mol. The Labute approximate surface area is 256 Å². The number of carbonyl (C=O) groups is 1. The van der Waals surface area contributed by atoms with E-state index >= 15 is 0 Å². The van der Waals surface area contributed by atoms with Crippen LogP contribution in [-0.4, -0.2) is 150 Å². The van der Waals surface area contributed by atoms with Crippen molar-refractivity contribution in [3.05, 3.63) is 11.8 Å². The normalized spacial score (nSPS) is 38.2. The summed E-state index contributed by atoms with van der Waals surface area (Å²) < 4.78 is 23.8. The van der Waals surface area contributed by atoms with Crippen molar-refractivity contribution in [1.29, 1.82) is 0 Å². The Hall–Kier alpha value is -2.20.